The van der Waals surface area contributed by atoms with Gasteiger partial charge < -0.3 is 9.32 Å². The molecule has 0 atom stereocenters. The molecule has 0 saturated carbocycles. The highest BCUT2D eigenvalue weighted by Gasteiger charge is 2.47. The van der Waals surface area contributed by atoms with E-state index in [2.05, 4.69) is 243 Å². The predicted molar refractivity (Wildman–Crippen MR) is 266 cm³/mol. The lowest BCUT2D eigenvalue weighted by Crippen LogP contribution is -2.28. The summed E-state index contributed by atoms with van der Waals surface area (Å²) in [6.07, 6.45) is 0. The minimum atomic E-state index is -0.498. The summed E-state index contributed by atoms with van der Waals surface area (Å²) in [5.74, 6) is 0. The normalized spacial score (nSPS) is 14.0. The summed E-state index contributed by atoms with van der Waals surface area (Å²) in [6.45, 7) is 4.72. The molecule has 10 aromatic carbocycles. The number of anilines is 3. The van der Waals surface area contributed by atoms with E-state index in [1.807, 2.05) is 0 Å². The van der Waals surface area contributed by atoms with Crippen molar-refractivity contribution in [3.63, 3.8) is 0 Å². The molecule has 302 valence electrons. The third-order valence-corrected chi connectivity index (χ3v) is 14.3. The molecule has 0 amide bonds. The molecule has 64 heavy (non-hydrogen) atoms. The van der Waals surface area contributed by atoms with Crippen LogP contribution < -0.4 is 4.90 Å². The molecule has 2 heteroatoms. The number of rotatable bonds is 6. The molecule has 0 bridgehead atoms. The highest BCUT2D eigenvalue weighted by molar-refractivity contribution is 6.23. The van der Waals surface area contributed by atoms with Crippen molar-refractivity contribution in [2.45, 2.75) is 24.7 Å². The molecule has 13 rings (SSSR count). The average molecular weight is 818 g/mol. The van der Waals surface area contributed by atoms with E-state index in [0.29, 0.717) is 0 Å². The van der Waals surface area contributed by atoms with E-state index < -0.39 is 5.41 Å². The van der Waals surface area contributed by atoms with E-state index in [1.54, 1.807) is 0 Å². The van der Waals surface area contributed by atoms with E-state index in [-0.39, 0.29) is 5.41 Å². The van der Waals surface area contributed by atoms with E-state index in [1.165, 1.54) is 61.2 Å². The second-order valence-corrected chi connectivity index (χ2v) is 17.9. The van der Waals surface area contributed by atoms with Crippen LogP contribution >= 0.6 is 0 Å². The summed E-state index contributed by atoms with van der Waals surface area (Å²) in [4.78, 5) is 2.45. The van der Waals surface area contributed by atoms with Crippen LogP contribution in [0.3, 0.4) is 0 Å². The monoisotopic (exact) mass is 817 g/mol. The summed E-state index contributed by atoms with van der Waals surface area (Å²) in [7, 11) is 0. The average Bonchev–Trinajstić information content (AvgIpc) is 3.97. The van der Waals surface area contributed by atoms with Crippen molar-refractivity contribution < 1.29 is 4.42 Å². The SMILES string of the molecule is CC1(C)c2ccccc2-c2ccc(N(c3ccccc3)c3cc4c(oc5cccc(-c6cccc7c6-c6ccccc6C7(c6ccccc6)c6ccccc6)c54)c4ccccc34)cc21. The number of hydrogen-bond acceptors (Lipinski definition) is 2. The summed E-state index contributed by atoms with van der Waals surface area (Å²) in [6, 6.07) is 82.6. The van der Waals surface area contributed by atoms with E-state index in [9.17, 15) is 0 Å². The van der Waals surface area contributed by atoms with Gasteiger partial charge in [-0.25, -0.2) is 0 Å². The highest BCUT2D eigenvalue weighted by atomic mass is 16.3. The summed E-state index contributed by atoms with van der Waals surface area (Å²) >= 11 is 0. The number of fused-ring (bicyclic) bond motifs is 11. The van der Waals surface area contributed by atoms with Crippen LogP contribution in [0.15, 0.2) is 229 Å². The lowest BCUT2D eigenvalue weighted by molar-refractivity contribution is 0.660. The molecule has 0 N–H and O–H groups in total. The molecular weight excluding hydrogens is 775 g/mol. The zero-order chi connectivity index (χ0) is 42.6. The molecule has 0 saturated heterocycles. The Balaban J connectivity index is 1.09. The van der Waals surface area contributed by atoms with Crippen molar-refractivity contribution in [3.8, 4) is 33.4 Å². The maximum atomic E-state index is 7.05. The van der Waals surface area contributed by atoms with Crippen LogP contribution in [0.2, 0.25) is 0 Å². The Kier molecular flexibility index (Phi) is 7.90. The number of nitrogens with zero attached hydrogens (tertiary/aromatic N) is 1. The molecule has 0 spiro atoms. The van der Waals surface area contributed by atoms with Crippen molar-refractivity contribution in [1.29, 1.82) is 0 Å². The zero-order valence-corrected chi connectivity index (χ0v) is 35.7. The molecule has 2 aliphatic rings. The summed E-state index contributed by atoms with van der Waals surface area (Å²) in [5, 5.41) is 4.43. The first-order valence-corrected chi connectivity index (χ1v) is 22.3. The van der Waals surface area contributed by atoms with Gasteiger partial charge >= 0.3 is 0 Å². The van der Waals surface area contributed by atoms with Crippen molar-refractivity contribution in [3.05, 3.63) is 258 Å². The Morgan fingerprint density at radius 3 is 1.69 bits per heavy atom. The zero-order valence-electron chi connectivity index (χ0n) is 35.7. The number of furan rings is 1. The fourth-order valence-corrected chi connectivity index (χ4v) is 11.6. The first-order chi connectivity index (χ1) is 31.5. The lowest BCUT2D eigenvalue weighted by atomic mass is 9.67. The van der Waals surface area contributed by atoms with Gasteiger partial charge in [0.25, 0.3) is 0 Å². The fourth-order valence-electron chi connectivity index (χ4n) is 11.6. The molecule has 0 aliphatic heterocycles. The Morgan fingerprint density at radius 1 is 0.375 bits per heavy atom. The van der Waals surface area contributed by atoms with Crippen molar-refractivity contribution in [1.82, 2.24) is 0 Å². The minimum absolute atomic E-state index is 0.140. The highest BCUT2D eigenvalue weighted by Crippen LogP contribution is 2.59. The predicted octanol–water partition coefficient (Wildman–Crippen LogP) is 16.5. The van der Waals surface area contributed by atoms with Crippen LogP contribution in [0.1, 0.15) is 47.2 Å². The van der Waals surface area contributed by atoms with Crippen LogP contribution in [0.4, 0.5) is 17.1 Å². The first kappa shape index (κ1) is 36.7. The van der Waals surface area contributed by atoms with Crippen molar-refractivity contribution in [2.24, 2.45) is 0 Å². The first-order valence-electron chi connectivity index (χ1n) is 22.3. The maximum absolute atomic E-state index is 7.05. The molecule has 1 aromatic heterocycles. The molecule has 11 aromatic rings. The van der Waals surface area contributed by atoms with Crippen LogP contribution in [-0.4, -0.2) is 0 Å². The Labute approximate surface area is 373 Å². The van der Waals surface area contributed by atoms with Gasteiger partial charge in [-0.2, -0.15) is 0 Å². The van der Waals surface area contributed by atoms with E-state index in [0.717, 1.165) is 55.3 Å². The third kappa shape index (κ3) is 5.02. The largest absolute Gasteiger partial charge is 0.455 e. The van der Waals surface area contributed by atoms with Crippen LogP contribution in [0.25, 0.3) is 66.1 Å². The van der Waals surface area contributed by atoms with Gasteiger partial charge in [0.05, 0.1) is 11.1 Å². The number of hydrogen-bond donors (Lipinski definition) is 0. The second kappa shape index (κ2) is 13.8. The Morgan fingerprint density at radius 2 is 0.938 bits per heavy atom. The Bertz CT molecular complexity index is 3600. The smallest absolute Gasteiger partial charge is 0.143 e. The van der Waals surface area contributed by atoms with Gasteiger partial charge in [0.1, 0.15) is 11.2 Å². The molecule has 2 aliphatic carbocycles. The van der Waals surface area contributed by atoms with Gasteiger partial charge in [-0.05, 0) is 103 Å². The quantitative estimate of drug-likeness (QED) is 0.166. The number of benzene rings is 10. The number of para-hydroxylation sites is 1. The third-order valence-electron chi connectivity index (χ3n) is 14.3. The second-order valence-electron chi connectivity index (χ2n) is 17.9. The standard InChI is InChI=1S/C62H43NO/c1-61(2)52-32-16-14-26-44(52)45-37-36-43(38-55(45)61)63(42-24-10-5-11-25-42)56-39-51-59-48(31-19-35-57(59)64-60(51)49-28-13-12-27-46(49)56)47-30-18-34-54-58(47)50-29-15-17-33-53(50)62(54,40-20-6-3-7-21-40)41-22-8-4-9-23-41/h3-39H,1-2H3. The van der Waals surface area contributed by atoms with Gasteiger partial charge in [0.15, 0.2) is 0 Å². The van der Waals surface area contributed by atoms with Crippen LogP contribution in [0.5, 0.6) is 0 Å². The van der Waals surface area contributed by atoms with E-state index >= 15 is 0 Å². The molecule has 0 fully saturated rings. The topological polar surface area (TPSA) is 16.4 Å². The summed E-state index contributed by atoms with van der Waals surface area (Å²) in [5.41, 5.74) is 19.8. The van der Waals surface area contributed by atoms with Gasteiger partial charge in [-0.15, -0.1) is 0 Å². The molecule has 2 nitrogen and oxygen atoms in total. The fraction of sp³-hybridized carbons (Fsp3) is 0.0645. The van der Waals surface area contributed by atoms with Gasteiger partial charge in [-0.3, -0.25) is 0 Å². The molecule has 0 unspecified atom stereocenters. The van der Waals surface area contributed by atoms with Crippen molar-refractivity contribution >= 4 is 49.8 Å². The Hall–Kier alpha value is -7.94. The molecular formula is C62H43NO. The maximum Gasteiger partial charge on any atom is 0.143 e. The summed E-state index contributed by atoms with van der Waals surface area (Å²) < 4.78 is 7.05. The van der Waals surface area contributed by atoms with E-state index in [4.69, 9.17) is 4.42 Å². The minimum Gasteiger partial charge on any atom is -0.455 e. The van der Waals surface area contributed by atoms with Crippen LogP contribution in [-0.2, 0) is 10.8 Å². The van der Waals surface area contributed by atoms with Crippen LogP contribution in [0, 0.1) is 0 Å². The van der Waals surface area contributed by atoms with Gasteiger partial charge in [-0.1, -0.05) is 202 Å². The molecule has 1 heterocycles. The van der Waals surface area contributed by atoms with Crippen molar-refractivity contribution in [2.75, 3.05) is 4.90 Å². The lowest BCUT2D eigenvalue weighted by Gasteiger charge is -2.34. The van der Waals surface area contributed by atoms with Gasteiger partial charge in [0.2, 0.25) is 0 Å². The van der Waals surface area contributed by atoms with Gasteiger partial charge in [0, 0.05) is 38.3 Å². The molecule has 0 radical (unpaired) electrons.